The Kier molecular flexibility index (Phi) is 10.2. The number of carboxylic acids is 1. The fraction of sp³-hybridized carbons (Fsp3) is 0.407. The lowest BCUT2D eigenvalue weighted by Crippen LogP contribution is -2.40. The molecule has 2 unspecified atom stereocenters. The molecule has 9 nitrogen and oxygen atoms in total. The molecular weight excluding hydrogens is 466 g/mol. The molecule has 0 spiro atoms. The van der Waals surface area contributed by atoms with Crippen molar-refractivity contribution in [2.45, 2.75) is 46.6 Å². The smallest absolute Gasteiger partial charge is 0.338 e. The van der Waals surface area contributed by atoms with E-state index in [4.69, 9.17) is 19.9 Å². The Labute approximate surface area is 210 Å². The van der Waals surface area contributed by atoms with Gasteiger partial charge < -0.3 is 25.1 Å². The van der Waals surface area contributed by atoms with Crippen LogP contribution in [-0.2, 0) is 19.1 Å². The van der Waals surface area contributed by atoms with Crippen molar-refractivity contribution >= 4 is 23.9 Å². The summed E-state index contributed by atoms with van der Waals surface area (Å²) in [6, 6.07) is 11.5. The van der Waals surface area contributed by atoms with Gasteiger partial charge in [0.25, 0.3) is 0 Å². The largest absolute Gasteiger partial charge is 0.480 e. The first-order chi connectivity index (χ1) is 16.9. The van der Waals surface area contributed by atoms with Crippen LogP contribution in [0.5, 0.6) is 11.5 Å². The van der Waals surface area contributed by atoms with Crippen LogP contribution in [0.15, 0.2) is 48.5 Å². The summed E-state index contributed by atoms with van der Waals surface area (Å²) in [6.07, 6.45) is 0. The van der Waals surface area contributed by atoms with E-state index in [-0.39, 0.29) is 18.1 Å². The van der Waals surface area contributed by atoms with Crippen LogP contribution in [0.4, 0.5) is 0 Å². The number of aliphatic carboxylic acids is 1. The highest BCUT2D eigenvalue weighted by Gasteiger charge is 2.33. The van der Waals surface area contributed by atoms with Gasteiger partial charge >= 0.3 is 23.9 Å². The van der Waals surface area contributed by atoms with Crippen molar-refractivity contribution in [2.75, 3.05) is 6.61 Å². The van der Waals surface area contributed by atoms with E-state index in [1.54, 1.807) is 71.0 Å². The normalized spacial score (nSPS) is 13.6. The zero-order chi connectivity index (χ0) is 27.0. The van der Waals surface area contributed by atoms with Crippen LogP contribution >= 0.6 is 0 Å². The minimum atomic E-state index is -1.35. The highest BCUT2D eigenvalue weighted by Crippen LogP contribution is 2.36. The molecule has 2 aromatic carbocycles. The van der Waals surface area contributed by atoms with E-state index in [9.17, 15) is 24.3 Å². The molecule has 0 bridgehead atoms. The van der Waals surface area contributed by atoms with Crippen molar-refractivity contribution in [3.05, 3.63) is 59.7 Å². The number of rotatable bonds is 11. The molecule has 0 aliphatic rings. The van der Waals surface area contributed by atoms with E-state index in [0.717, 1.165) is 0 Å². The average molecular weight is 500 g/mol. The van der Waals surface area contributed by atoms with Gasteiger partial charge in [0.2, 0.25) is 0 Å². The minimum absolute atomic E-state index is 0.0252. The van der Waals surface area contributed by atoms with Crippen LogP contribution in [0, 0.1) is 17.8 Å². The van der Waals surface area contributed by atoms with Crippen LogP contribution in [0.3, 0.4) is 0 Å². The molecule has 3 atom stereocenters. The predicted octanol–water partition coefficient (Wildman–Crippen LogP) is 3.80. The van der Waals surface area contributed by atoms with Gasteiger partial charge in [-0.25, -0.2) is 4.79 Å². The van der Waals surface area contributed by atoms with Crippen LogP contribution in [-0.4, -0.2) is 41.6 Å². The van der Waals surface area contributed by atoms with Crippen LogP contribution in [0.1, 0.15) is 56.5 Å². The first-order valence-electron chi connectivity index (χ1n) is 11.7. The molecule has 0 fully saturated rings. The first kappa shape index (κ1) is 28.5. The number of hydrogen-bond donors (Lipinski definition) is 2. The van der Waals surface area contributed by atoms with E-state index in [2.05, 4.69) is 0 Å². The third-order valence-electron chi connectivity index (χ3n) is 5.49. The number of carboxylic acid groups (broad SMARTS) is 1. The molecule has 36 heavy (non-hydrogen) atoms. The van der Waals surface area contributed by atoms with E-state index < -0.39 is 53.6 Å². The molecule has 0 heterocycles. The van der Waals surface area contributed by atoms with Crippen molar-refractivity contribution in [2.24, 2.45) is 23.5 Å². The second kappa shape index (κ2) is 12.8. The number of carbonyl (C=O) groups is 4. The number of nitrogens with two attached hydrogens (primary N) is 1. The Balaban J connectivity index is 2.39. The number of carbonyl (C=O) groups excluding carboxylic acids is 3. The van der Waals surface area contributed by atoms with Crippen molar-refractivity contribution < 1.29 is 38.5 Å². The van der Waals surface area contributed by atoms with Gasteiger partial charge in [-0.05, 0) is 35.7 Å². The lowest BCUT2D eigenvalue weighted by Gasteiger charge is -2.28. The van der Waals surface area contributed by atoms with Crippen molar-refractivity contribution in [1.29, 1.82) is 0 Å². The number of ether oxygens (including phenoxy) is 3. The lowest BCUT2D eigenvalue weighted by molar-refractivity contribution is -0.140. The summed E-state index contributed by atoms with van der Waals surface area (Å²) >= 11 is 0. The van der Waals surface area contributed by atoms with Gasteiger partial charge in [0.15, 0.2) is 11.5 Å². The van der Waals surface area contributed by atoms with Crippen LogP contribution in [0.25, 0.3) is 0 Å². The number of hydrogen-bond acceptors (Lipinski definition) is 8. The zero-order valence-electron chi connectivity index (χ0n) is 21.1. The molecule has 2 rings (SSSR count). The fourth-order valence-electron chi connectivity index (χ4n) is 3.36. The van der Waals surface area contributed by atoms with Crippen LogP contribution < -0.4 is 15.2 Å². The third-order valence-corrected chi connectivity index (χ3v) is 5.49. The van der Waals surface area contributed by atoms with Crippen molar-refractivity contribution in [3.8, 4) is 11.5 Å². The summed E-state index contributed by atoms with van der Waals surface area (Å²) in [5.74, 6) is -5.12. The summed E-state index contributed by atoms with van der Waals surface area (Å²) in [5.41, 5.74) is 6.82. The standard InChI is InChI=1S/C27H33NO8/c1-15(2)25(31)35-20-12-11-19(13-21(20)36-26(32)16(3)4)22(23(28)24(29)30)17(5)14-34-27(33)18-9-7-6-8-10-18/h6-13,15-17,22-23H,14,28H2,1-5H3,(H,29,30)/t17?,22?,23-/m0/s1. The van der Waals surface area contributed by atoms with Crippen molar-refractivity contribution in [1.82, 2.24) is 0 Å². The Bertz CT molecular complexity index is 1080. The summed E-state index contributed by atoms with van der Waals surface area (Å²) < 4.78 is 16.3. The Hall–Kier alpha value is -3.72. The molecule has 0 saturated carbocycles. The Morgan fingerprint density at radius 3 is 1.92 bits per heavy atom. The third kappa shape index (κ3) is 7.64. The second-order valence-corrected chi connectivity index (χ2v) is 9.19. The molecule has 3 N–H and O–H groups in total. The molecule has 0 radical (unpaired) electrons. The van der Waals surface area contributed by atoms with Gasteiger partial charge in [0.1, 0.15) is 6.04 Å². The van der Waals surface area contributed by atoms with Gasteiger partial charge in [0, 0.05) is 5.92 Å². The molecule has 0 aromatic heterocycles. The summed E-state index contributed by atoms with van der Waals surface area (Å²) in [4.78, 5) is 48.7. The quantitative estimate of drug-likeness (QED) is 0.349. The van der Waals surface area contributed by atoms with E-state index in [1.807, 2.05) is 0 Å². The number of esters is 3. The molecule has 0 aliphatic carbocycles. The van der Waals surface area contributed by atoms with Crippen molar-refractivity contribution in [3.63, 3.8) is 0 Å². The highest BCUT2D eigenvalue weighted by molar-refractivity contribution is 5.89. The zero-order valence-corrected chi connectivity index (χ0v) is 21.1. The average Bonchev–Trinajstić information content (AvgIpc) is 2.84. The van der Waals surface area contributed by atoms with Gasteiger partial charge in [-0.15, -0.1) is 0 Å². The predicted molar refractivity (Wildman–Crippen MR) is 132 cm³/mol. The molecule has 0 saturated heterocycles. The first-order valence-corrected chi connectivity index (χ1v) is 11.7. The van der Waals surface area contributed by atoms with E-state index in [1.165, 1.54) is 12.1 Å². The molecular formula is C27H33NO8. The van der Waals surface area contributed by atoms with Crippen LogP contribution in [0.2, 0.25) is 0 Å². The summed E-state index contributed by atoms with van der Waals surface area (Å²) in [5, 5.41) is 9.65. The molecule has 0 amide bonds. The number of benzene rings is 2. The molecule has 2 aromatic rings. The SMILES string of the molecule is CC(C)C(=O)Oc1ccc(C(C(C)COC(=O)c2ccccc2)[C@H](N)C(=O)O)cc1OC(=O)C(C)C. The second-order valence-electron chi connectivity index (χ2n) is 9.19. The van der Waals surface area contributed by atoms with Gasteiger partial charge in [-0.1, -0.05) is 58.9 Å². The Morgan fingerprint density at radius 1 is 0.833 bits per heavy atom. The van der Waals surface area contributed by atoms with Gasteiger partial charge in [-0.2, -0.15) is 0 Å². The molecule has 194 valence electrons. The summed E-state index contributed by atoms with van der Waals surface area (Å²) in [6.45, 7) is 8.23. The lowest BCUT2D eigenvalue weighted by atomic mass is 9.82. The Morgan fingerprint density at radius 2 is 1.39 bits per heavy atom. The monoisotopic (exact) mass is 499 g/mol. The fourth-order valence-corrected chi connectivity index (χ4v) is 3.36. The topological polar surface area (TPSA) is 142 Å². The summed E-state index contributed by atoms with van der Waals surface area (Å²) in [7, 11) is 0. The highest BCUT2D eigenvalue weighted by atomic mass is 16.6. The van der Waals surface area contributed by atoms with E-state index in [0.29, 0.717) is 11.1 Å². The maximum Gasteiger partial charge on any atom is 0.338 e. The maximum atomic E-state index is 12.4. The van der Waals surface area contributed by atoms with Gasteiger partial charge in [-0.3, -0.25) is 14.4 Å². The maximum absolute atomic E-state index is 12.4. The van der Waals surface area contributed by atoms with E-state index >= 15 is 0 Å². The van der Waals surface area contributed by atoms with Gasteiger partial charge in [0.05, 0.1) is 24.0 Å². The minimum Gasteiger partial charge on any atom is -0.480 e. The molecule has 0 aliphatic heterocycles. The molecule has 9 heteroatoms.